The molecule has 1 amide bonds. The summed E-state index contributed by atoms with van der Waals surface area (Å²) < 4.78 is 5.27. The Balaban J connectivity index is 2.34. The van der Waals surface area contributed by atoms with Gasteiger partial charge in [-0.3, -0.25) is 16.3 Å². The number of rotatable bonds is 3. The van der Waals surface area contributed by atoms with Crippen molar-refractivity contribution in [2.24, 2.45) is 10.8 Å². The summed E-state index contributed by atoms with van der Waals surface area (Å²) in [5.41, 5.74) is 2.47. The first kappa shape index (κ1) is 17.7. The maximum atomic E-state index is 11.7. The Morgan fingerprint density at radius 1 is 1.29 bits per heavy atom. The van der Waals surface area contributed by atoms with Crippen molar-refractivity contribution >= 4 is 11.9 Å². The second kappa shape index (κ2) is 7.61. The maximum Gasteiger partial charge on any atom is 0.407 e. The van der Waals surface area contributed by atoms with E-state index in [0.717, 1.165) is 31.5 Å². The number of amides is 1. The van der Waals surface area contributed by atoms with Crippen LogP contribution in [0, 0.1) is 0 Å². The van der Waals surface area contributed by atoms with Gasteiger partial charge in [-0.25, -0.2) is 4.79 Å². The summed E-state index contributed by atoms with van der Waals surface area (Å²) in [4.78, 5) is 16.3. The van der Waals surface area contributed by atoms with Gasteiger partial charge in [-0.2, -0.15) is 5.12 Å². The van der Waals surface area contributed by atoms with Crippen LogP contribution in [0.25, 0.3) is 0 Å². The topological polar surface area (TPSA) is 92.0 Å². The molecule has 1 saturated carbocycles. The number of nitrogens with two attached hydrogens (primary N) is 1. The number of nitrogens with one attached hydrogen (secondary N) is 2. The molecule has 0 aromatic carbocycles. The van der Waals surface area contributed by atoms with Crippen LogP contribution in [0.4, 0.5) is 4.79 Å². The van der Waals surface area contributed by atoms with Gasteiger partial charge in [0, 0.05) is 13.1 Å². The maximum absolute atomic E-state index is 11.7. The molecule has 0 atom stereocenters. The Hall–Kier alpha value is -1.34. The summed E-state index contributed by atoms with van der Waals surface area (Å²) >= 11 is 0. The van der Waals surface area contributed by atoms with Crippen molar-refractivity contribution in [2.75, 3.05) is 7.05 Å². The fraction of sp³-hybridized carbons (Fsp3) is 0.857. The van der Waals surface area contributed by atoms with Gasteiger partial charge in [-0.15, -0.1) is 0 Å². The summed E-state index contributed by atoms with van der Waals surface area (Å²) in [7, 11) is 1.72. The van der Waals surface area contributed by atoms with Crippen LogP contribution in [0.3, 0.4) is 0 Å². The molecular weight excluding hydrogens is 270 g/mol. The first-order valence-electron chi connectivity index (χ1n) is 7.44. The quantitative estimate of drug-likeness (QED) is 0.318. The number of alkyl carbamates (subject to hydrolysis) is 1. The molecule has 0 radical (unpaired) electrons. The van der Waals surface area contributed by atoms with Crippen molar-refractivity contribution in [2.45, 2.75) is 71.1 Å². The van der Waals surface area contributed by atoms with Crippen LogP contribution in [0.5, 0.6) is 0 Å². The molecule has 4 N–H and O–H groups in total. The minimum atomic E-state index is -0.456. The molecule has 7 nitrogen and oxygen atoms in total. The molecule has 21 heavy (non-hydrogen) atoms. The number of amidine groups is 1. The largest absolute Gasteiger partial charge is 0.444 e. The smallest absolute Gasteiger partial charge is 0.407 e. The molecule has 0 aromatic heterocycles. The van der Waals surface area contributed by atoms with Crippen molar-refractivity contribution < 1.29 is 9.53 Å². The monoisotopic (exact) mass is 299 g/mol. The fourth-order valence-electron chi connectivity index (χ4n) is 2.38. The van der Waals surface area contributed by atoms with Crippen LogP contribution in [-0.4, -0.2) is 41.8 Å². The third kappa shape index (κ3) is 7.87. The first-order valence-corrected chi connectivity index (χ1v) is 7.44. The number of nitrogens with zero attached hydrogens (tertiary/aromatic N) is 2. The van der Waals surface area contributed by atoms with Gasteiger partial charge in [0.05, 0.1) is 6.04 Å². The van der Waals surface area contributed by atoms with Crippen molar-refractivity contribution in [3.05, 3.63) is 0 Å². The average molecular weight is 299 g/mol. The molecule has 0 heterocycles. The lowest BCUT2D eigenvalue weighted by molar-refractivity contribution is 0.0491. The molecule has 1 fully saturated rings. The van der Waals surface area contributed by atoms with Gasteiger partial charge in [0.15, 0.2) is 0 Å². The van der Waals surface area contributed by atoms with Gasteiger partial charge in [0.25, 0.3) is 0 Å². The van der Waals surface area contributed by atoms with Gasteiger partial charge in [0.1, 0.15) is 11.4 Å². The van der Waals surface area contributed by atoms with E-state index in [9.17, 15) is 4.79 Å². The molecule has 7 heteroatoms. The second-order valence-corrected chi connectivity index (χ2v) is 6.59. The highest BCUT2D eigenvalue weighted by molar-refractivity contribution is 5.79. The zero-order chi connectivity index (χ0) is 16.0. The first-order chi connectivity index (χ1) is 9.65. The lowest BCUT2D eigenvalue weighted by Gasteiger charge is -2.29. The highest BCUT2D eigenvalue weighted by Crippen LogP contribution is 2.21. The van der Waals surface area contributed by atoms with Gasteiger partial charge >= 0.3 is 6.09 Å². The Morgan fingerprint density at radius 2 is 1.86 bits per heavy atom. The SMILES string of the molecule is CC(=NC1CCC(NC(=O)OC(C)(C)C)CC1)NN(C)N. The van der Waals surface area contributed by atoms with E-state index in [-0.39, 0.29) is 18.2 Å². The van der Waals surface area contributed by atoms with Gasteiger partial charge < -0.3 is 10.1 Å². The van der Waals surface area contributed by atoms with E-state index in [0.29, 0.717) is 0 Å². The Labute approximate surface area is 127 Å². The molecule has 1 rings (SSSR count). The zero-order valence-electron chi connectivity index (χ0n) is 13.8. The Morgan fingerprint density at radius 3 is 2.33 bits per heavy atom. The zero-order valence-corrected chi connectivity index (χ0v) is 13.8. The highest BCUT2D eigenvalue weighted by Gasteiger charge is 2.24. The molecule has 0 aliphatic heterocycles. The van der Waals surface area contributed by atoms with E-state index < -0.39 is 5.60 Å². The molecule has 122 valence electrons. The van der Waals surface area contributed by atoms with Gasteiger partial charge in [-0.1, -0.05) is 0 Å². The number of hydrogen-bond donors (Lipinski definition) is 3. The molecule has 1 aliphatic rings. The van der Waals surface area contributed by atoms with E-state index in [1.54, 1.807) is 7.05 Å². The standard InChI is InChI=1S/C14H29N5O2/c1-10(18-19(5)15)16-11-6-8-12(9-7-11)17-13(20)21-14(2,3)4/h11-12H,6-9,15H2,1-5H3,(H,16,18)(H,17,20). The van der Waals surface area contributed by atoms with E-state index in [4.69, 9.17) is 10.6 Å². The van der Waals surface area contributed by atoms with Crippen LogP contribution in [0.2, 0.25) is 0 Å². The van der Waals surface area contributed by atoms with Crippen molar-refractivity contribution in [3.8, 4) is 0 Å². The number of hydrogen-bond acceptors (Lipinski definition) is 5. The second-order valence-electron chi connectivity index (χ2n) is 6.59. The average Bonchev–Trinajstić information content (AvgIpc) is 2.27. The lowest BCUT2D eigenvalue weighted by Crippen LogP contribution is -2.44. The molecule has 0 aromatic rings. The van der Waals surface area contributed by atoms with Crippen molar-refractivity contribution in [1.82, 2.24) is 15.9 Å². The van der Waals surface area contributed by atoms with Gasteiger partial charge in [0.2, 0.25) is 0 Å². The van der Waals surface area contributed by atoms with Gasteiger partial charge in [-0.05, 0) is 53.4 Å². The number of ether oxygens (including phenoxy) is 1. The molecule has 1 aliphatic carbocycles. The third-order valence-corrected chi connectivity index (χ3v) is 3.13. The molecule has 0 unspecified atom stereocenters. The van der Waals surface area contributed by atoms with Crippen molar-refractivity contribution in [3.63, 3.8) is 0 Å². The molecule has 0 bridgehead atoms. The minimum Gasteiger partial charge on any atom is -0.444 e. The lowest BCUT2D eigenvalue weighted by atomic mass is 9.91. The summed E-state index contributed by atoms with van der Waals surface area (Å²) in [5.74, 6) is 6.31. The Bertz CT molecular complexity index is 368. The third-order valence-electron chi connectivity index (χ3n) is 3.13. The van der Waals surface area contributed by atoms with Crippen LogP contribution >= 0.6 is 0 Å². The van der Waals surface area contributed by atoms with Crippen LogP contribution in [0.15, 0.2) is 4.99 Å². The van der Waals surface area contributed by atoms with Crippen LogP contribution in [0.1, 0.15) is 53.4 Å². The molecule has 0 saturated heterocycles. The van der Waals surface area contributed by atoms with E-state index in [2.05, 4.69) is 15.7 Å². The molecule has 0 spiro atoms. The van der Waals surface area contributed by atoms with E-state index in [1.807, 2.05) is 27.7 Å². The Kier molecular flexibility index (Phi) is 6.42. The fourth-order valence-corrected chi connectivity index (χ4v) is 2.38. The summed E-state index contributed by atoms with van der Waals surface area (Å²) in [6.45, 7) is 7.49. The van der Waals surface area contributed by atoms with Crippen LogP contribution in [-0.2, 0) is 4.74 Å². The highest BCUT2D eigenvalue weighted by atomic mass is 16.6. The normalized spacial score (nSPS) is 23.9. The number of carbonyl (C=O) groups is 1. The summed E-state index contributed by atoms with van der Waals surface area (Å²) in [6.07, 6.45) is 3.40. The number of carbonyl (C=O) groups excluding carboxylic acids is 1. The summed E-state index contributed by atoms with van der Waals surface area (Å²) in [5, 5.41) is 4.31. The number of aliphatic imine (C=N–C) groups is 1. The number of hydrazine groups is 2. The predicted octanol–water partition coefficient (Wildman–Crippen LogP) is 1.55. The van der Waals surface area contributed by atoms with Crippen LogP contribution < -0.4 is 16.6 Å². The van der Waals surface area contributed by atoms with Crippen molar-refractivity contribution in [1.29, 1.82) is 0 Å². The van der Waals surface area contributed by atoms with E-state index >= 15 is 0 Å². The molecular formula is C14H29N5O2. The minimum absolute atomic E-state index is 0.178. The van der Waals surface area contributed by atoms with E-state index in [1.165, 1.54) is 5.12 Å². The predicted molar refractivity (Wildman–Crippen MR) is 83.6 cm³/mol. The summed E-state index contributed by atoms with van der Waals surface area (Å²) in [6, 6.07) is 0.464.